The minimum absolute atomic E-state index is 0.0950. The molecule has 0 bridgehead atoms. The van der Waals surface area contributed by atoms with Crippen molar-refractivity contribution >= 4 is 35.0 Å². The lowest BCUT2D eigenvalue weighted by molar-refractivity contribution is -0.141. The fourth-order valence-electron chi connectivity index (χ4n) is 3.79. The number of halogens is 2. The topological polar surface area (TPSA) is 49.4 Å². The van der Waals surface area contributed by atoms with Gasteiger partial charge in [0.2, 0.25) is 11.8 Å². The van der Waals surface area contributed by atoms with Crippen molar-refractivity contribution in [2.24, 2.45) is 0 Å². The largest absolute Gasteiger partial charge is 0.354 e. The van der Waals surface area contributed by atoms with E-state index in [-0.39, 0.29) is 18.4 Å². The van der Waals surface area contributed by atoms with Crippen molar-refractivity contribution in [3.63, 3.8) is 0 Å². The number of hydrogen-bond acceptors (Lipinski definition) is 2. The van der Waals surface area contributed by atoms with E-state index in [0.717, 1.165) is 23.1 Å². The highest BCUT2D eigenvalue weighted by Gasteiger charge is 2.30. The summed E-state index contributed by atoms with van der Waals surface area (Å²) in [6, 6.07) is 24.2. The van der Waals surface area contributed by atoms with Gasteiger partial charge in [0.25, 0.3) is 0 Å². The van der Waals surface area contributed by atoms with Gasteiger partial charge in [-0.3, -0.25) is 9.59 Å². The molecule has 0 heterocycles. The molecule has 1 N–H and O–H groups in total. The summed E-state index contributed by atoms with van der Waals surface area (Å²) in [7, 11) is 0. The number of rotatable bonds is 11. The molecule has 0 aromatic heterocycles. The van der Waals surface area contributed by atoms with Crippen molar-refractivity contribution in [3.8, 4) is 0 Å². The van der Waals surface area contributed by atoms with Crippen LogP contribution in [0, 0.1) is 0 Å². The molecule has 4 nitrogen and oxygen atoms in total. The Bertz CT molecular complexity index is 1070. The van der Waals surface area contributed by atoms with Crippen LogP contribution in [0.1, 0.15) is 36.5 Å². The summed E-state index contributed by atoms with van der Waals surface area (Å²) in [6.07, 6.45) is 2.12. The average molecular weight is 497 g/mol. The first kappa shape index (κ1) is 25.8. The molecule has 0 aliphatic rings. The van der Waals surface area contributed by atoms with Crippen molar-refractivity contribution in [2.45, 2.75) is 45.2 Å². The van der Waals surface area contributed by atoms with Gasteiger partial charge < -0.3 is 10.2 Å². The number of amides is 2. The van der Waals surface area contributed by atoms with Gasteiger partial charge in [-0.1, -0.05) is 96.9 Å². The summed E-state index contributed by atoms with van der Waals surface area (Å²) in [5.74, 6) is -0.258. The number of nitrogens with zero attached hydrogens (tertiary/aromatic N) is 1. The molecule has 0 spiro atoms. The molecule has 0 fully saturated rings. The van der Waals surface area contributed by atoms with E-state index < -0.39 is 6.04 Å². The smallest absolute Gasteiger partial charge is 0.243 e. The van der Waals surface area contributed by atoms with Crippen LogP contribution in [-0.4, -0.2) is 29.3 Å². The Morgan fingerprint density at radius 3 is 2.18 bits per heavy atom. The standard InChI is InChI=1S/C28H30Cl2N2O2/c1-2-17-31-28(34)26(18-22-11-7-4-8-12-22)32(20-23-14-15-24(29)19-25(23)30)27(33)16-13-21-9-5-3-6-10-21/h3-12,14-15,19,26H,2,13,16-18,20H2,1H3,(H,31,34)/t26-/m0/s1. The maximum Gasteiger partial charge on any atom is 0.243 e. The van der Waals surface area contributed by atoms with Crippen molar-refractivity contribution in [2.75, 3.05) is 6.54 Å². The zero-order valence-electron chi connectivity index (χ0n) is 19.3. The average Bonchev–Trinajstić information content (AvgIpc) is 2.85. The summed E-state index contributed by atoms with van der Waals surface area (Å²) in [5, 5.41) is 3.98. The van der Waals surface area contributed by atoms with Crippen LogP contribution < -0.4 is 5.32 Å². The van der Waals surface area contributed by atoms with E-state index in [2.05, 4.69) is 5.32 Å². The Hall–Kier alpha value is -2.82. The van der Waals surface area contributed by atoms with E-state index in [0.29, 0.717) is 35.9 Å². The highest BCUT2D eigenvalue weighted by Crippen LogP contribution is 2.24. The second-order valence-corrected chi connectivity index (χ2v) is 9.08. The fraction of sp³-hybridized carbons (Fsp3) is 0.286. The summed E-state index contributed by atoms with van der Waals surface area (Å²) in [4.78, 5) is 28.5. The number of aryl methyl sites for hydroxylation is 1. The number of carbonyl (C=O) groups excluding carboxylic acids is 2. The Labute approximate surface area is 211 Å². The highest BCUT2D eigenvalue weighted by atomic mass is 35.5. The van der Waals surface area contributed by atoms with E-state index >= 15 is 0 Å². The molecule has 0 saturated carbocycles. The second kappa shape index (κ2) is 13.2. The Balaban J connectivity index is 1.91. The number of hydrogen-bond donors (Lipinski definition) is 1. The van der Waals surface area contributed by atoms with E-state index in [1.165, 1.54) is 0 Å². The Morgan fingerprint density at radius 2 is 1.56 bits per heavy atom. The van der Waals surface area contributed by atoms with Crippen LogP contribution in [0.2, 0.25) is 10.0 Å². The molecule has 0 unspecified atom stereocenters. The van der Waals surface area contributed by atoms with Gasteiger partial charge in [0.1, 0.15) is 6.04 Å². The molecule has 0 radical (unpaired) electrons. The summed E-state index contributed by atoms with van der Waals surface area (Å²) < 4.78 is 0. The molecule has 0 aliphatic heterocycles. The predicted octanol–water partition coefficient (Wildman–Crippen LogP) is 6.09. The first-order valence-electron chi connectivity index (χ1n) is 11.6. The fourth-order valence-corrected chi connectivity index (χ4v) is 4.26. The predicted molar refractivity (Wildman–Crippen MR) is 139 cm³/mol. The molecular formula is C28H30Cl2N2O2. The summed E-state index contributed by atoms with van der Waals surface area (Å²) in [6.45, 7) is 2.78. The van der Waals surface area contributed by atoms with Crippen LogP contribution in [0.25, 0.3) is 0 Å². The van der Waals surface area contributed by atoms with Crippen molar-refractivity contribution in [1.82, 2.24) is 10.2 Å². The maximum absolute atomic E-state index is 13.6. The van der Waals surface area contributed by atoms with Gasteiger partial charge in [-0.05, 0) is 41.7 Å². The Kier molecular flexibility index (Phi) is 9.99. The number of carbonyl (C=O) groups is 2. The zero-order chi connectivity index (χ0) is 24.3. The SMILES string of the molecule is CCCNC(=O)[C@H](Cc1ccccc1)N(Cc1ccc(Cl)cc1Cl)C(=O)CCc1ccccc1. The van der Waals surface area contributed by atoms with Crippen LogP contribution in [0.4, 0.5) is 0 Å². The second-order valence-electron chi connectivity index (χ2n) is 8.24. The third-order valence-electron chi connectivity index (χ3n) is 5.65. The lowest BCUT2D eigenvalue weighted by Crippen LogP contribution is -2.50. The van der Waals surface area contributed by atoms with Gasteiger partial charge in [0, 0.05) is 36.0 Å². The molecule has 3 aromatic rings. The van der Waals surface area contributed by atoms with Gasteiger partial charge in [0.15, 0.2) is 0 Å². The van der Waals surface area contributed by atoms with Crippen LogP contribution in [0.3, 0.4) is 0 Å². The van der Waals surface area contributed by atoms with Crippen molar-refractivity contribution in [1.29, 1.82) is 0 Å². The number of benzene rings is 3. The quantitative estimate of drug-likeness (QED) is 0.349. The van der Waals surface area contributed by atoms with Gasteiger partial charge in [0.05, 0.1) is 0 Å². The third-order valence-corrected chi connectivity index (χ3v) is 6.23. The molecule has 178 valence electrons. The molecule has 2 amide bonds. The molecule has 3 aromatic carbocycles. The highest BCUT2D eigenvalue weighted by molar-refractivity contribution is 6.35. The normalized spacial score (nSPS) is 11.6. The van der Waals surface area contributed by atoms with E-state index in [9.17, 15) is 9.59 Å². The van der Waals surface area contributed by atoms with Gasteiger partial charge >= 0.3 is 0 Å². The molecule has 6 heteroatoms. The van der Waals surface area contributed by atoms with Crippen LogP contribution in [-0.2, 0) is 29.0 Å². The molecule has 0 aliphatic carbocycles. The summed E-state index contributed by atoms with van der Waals surface area (Å²) >= 11 is 12.5. The minimum Gasteiger partial charge on any atom is -0.354 e. The van der Waals surface area contributed by atoms with E-state index in [4.69, 9.17) is 23.2 Å². The molecule has 3 rings (SSSR count). The molecule has 0 saturated heterocycles. The minimum atomic E-state index is -0.663. The van der Waals surface area contributed by atoms with E-state index in [1.54, 1.807) is 17.0 Å². The lowest BCUT2D eigenvalue weighted by atomic mass is 10.0. The first-order chi connectivity index (χ1) is 16.5. The molecular weight excluding hydrogens is 467 g/mol. The van der Waals surface area contributed by atoms with Crippen LogP contribution >= 0.6 is 23.2 Å². The van der Waals surface area contributed by atoms with E-state index in [1.807, 2.05) is 73.7 Å². The Morgan fingerprint density at radius 1 is 0.912 bits per heavy atom. The van der Waals surface area contributed by atoms with Gasteiger partial charge in [-0.2, -0.15) is 0 Å². The first-order valence-corrected chi connectivity index (χ1v) is 12.3. The van der Waals surface area contributed by atoms with Crippen molar-refractivity contribution in [3.05, 3.63) is 106 Å². The van der Waals surface area contributed by atoms with Crippen LogP contribution in [0.15, 0.2) is 78.9 Å². The molecule has 34 heavy (non-hydrogen) atoms. The third kappa shape index (κ3) is 7.61. The number of nitrogens with one attached hydrogen (secondary N) is 1. The van der Waals surface area contributed by atoms with Gasteiger partial charge in [-0.15, -0.1) is 0 Å². The summed E-state index contributed by atoms with van der Waals surface area (Å²) in [5.41, 5.74) is 2.82. The van der Waals surface area contributed by atoms with Crippen LogP contribution in [0.5, 0.6) is 0 Å². The van der Waals surface area contributed by atoms with Crippen molar-refractivity contribution < 1.29 is 9.59 Å². The van der Waals surface area contributed by atoms with Gasteiger partial charge in [-0.25, -0.2) is 0 Å². The lowest BCUT2D eigenvalue weighted by Gasteiger charge is -2.32. The zero-order valence-corrected chi connectivity index (χ0v) is 20.9. The molecule has 1 atom stereocenters. The monoisotopic (exact) mass is 496 g/mol. The maximum atomic E-state index is 13.6.